The van der Waals surface area contributed by atoms with Crippen LogP contribution in [0.3, 0.4) is 0 Å². The van der Waals surface area contributed by atoms with Crippen molar-refractivity contribution >= 4 is 29.3 Å². The smallest absolute Gasteiger partial charge is 0.338 e. The van der Waals surface area contributed by atoms with Crippen molar-refractivity contribution in [2.24, 2.45) is 4.99 Å². The topological polar surface area (TPSA) is 86.3 Å². The first-order chi connectivity index (χ1) is 16.9. The monoisotopic (exact) mass is 495 g/mol. The maximum Gasteiger partial charge on any atom is 0.338 e. The molecule has 0 bridgehead atoms. The summed E-state index contributed by atoms with van der Waals surface area (Å²) in [5.41, 5.74) is 1.39. The molecule has 3 heterocycles. The molecule has 0 N–H and O–H groups in total. The van der Waals surface area contributed by atoms with Crippen molar-refractivity contribution in [1.29, 1.82) is 0 Å². The molecule has 2 aromatic heterocycles. The van der Waals surface area contributed by atoms with Crippen LogP contribution < -0.4 is 24.5 Å². The van der Waals surface area contributed by atoms with Crippen molar-refractivity contribution in [2.75, 3.05) is 31.7 Å². The molecular weight excluding hydrogens is 466 g/mol. The zero-order valence-corrected chi connectivity index (χ0v) is 21.3. The second-order valence-electron chi connectivity index (χ2n) is 7.92. The summed E-state index contributed by atoms with van der Waals surface area (Å²) in [6.07, 6.45) is 1.73. The number of carbonyl (C=O) groups is 1. The fourth-order valence-electron chi connectivity index (χ4n) is 4.15. The highest BCUT2D eigenvalue weighted by Gasteiger charge is 2.33. The Bertz CT molecular complexity index is 1420. The molecule has 0 spiro atoms. The predicted molar refractivity (Wildman–Crippen MR) is 136 cm³/mol. The molecule has 1 atom stereocenters. The Morgan fingerprint density at radius 1 is 1.17 bits per heavy atom. The first-order valence-electron chi connectivity index (χ1n) is 11.6. The van der Waals surface area contributed by atoms with Crippen LogP contribution in [-0.2, 0) is 9.53 Å². The predicted octanol–water partition coefficient (Wildman–Crippen LogP) is 3.25. The minimum absolute atomic E-state index is 0.225. The van der Waals surface area contributed by atoms with E-state index in [9.17, 15) is 9.59 Å². The van der Waals surface area contributed by atoms with Crippen LogP contribution in [-0.4, -0.2) is 37.3 Å². The zero-order chi connectivity index (χ0) is 25.1. The molecule has 35 heavy (non-hydrogen) atoms. The molecule has 0 amide bonds. The number of thiazole rings is 1. The summed E-state index contributed by atoms with van der Waals surface area (Å²) < 4.78 is 18.6. The van der Waals surface area contributed by atoms with Gasteiger partial charge in [-0.2, -0.15) is 0 Å². The van der Waals surface area contributed by atoms with E-state index in [0.29, 0.717) is 32.1 Å². The van der Waals surface area contributed by atoms with Gasteiger partial charge in [0.05, 0.1) is 35.6 Å². The number of esters is 1. The number of furan rings is 1. The van der Waals surface area contributed by atoms with E-state index < -0.39 is 12.0 Å². The van der Waals surface area contributed by atoms with E-state index >= 15 is 0 Å². The highest BCUT2D eigenvalue weighted by atomic mass is 32.1. The summed E-state index contributed by atoms with van der Waals surface area (Å²) in [6, 6.07) is 10.4. The summed E-state index contributed by atoms with van der Waals surface area (Å²) in [5, 5.41) is 0. The standard InChI is InChI=1S/C26H29N3O5S/c1-6-28(7-2)21-14-13-19(34-21)15-20-24(30)29-23(17-9-11-18(32-5)12-10-17)22(25(31)33-8-3)16(4)27-26(29)35-20/h9-15,23H,6-8H2,1-5H3/b20-15-/t23-/m0/s1. The van der Waals surface area contributed by atoms with Crippen LogP contribution in [0.4, 0.5) is 5.88 Å². The summed E-state index contributed by atoms with van der Waals surface area (Å²) >= 11 is 1.27. The zero-order valence-electron chi connectivity index (χ0n) is 20.5. The van der Waals surface area contributed by atoms with Crippen molar-refractivity contribution in [3.8, 4) is 5.75 Å². The lowest BCUT2D eigenvalue weighted by Gasteiger charge is -2.24. The van der Waals surface area contributed by atoms with E-state index in [-0.39, 0.29) is 12.2 Å². The van der Waals surface area contributed by atoms with Crippen molar-refractivity contribution in [1.82, 2.24) is 4.57 Å². The Balaban J connectivity index is 1.87. The van der Waals surface area contributed by atoms with Crippen LogP contribution in [0.1, 0.15) is 45.1 Å². The molecule has 1 aliphatic rings. The van der Waals surface area contributed by atoms with Crippen molar-refractivity contribution < 1.29 is 18.7 Å². The van der Waals surface area contributed by atoms with Gasteiger partial charge in [-0.3, -0.25) is 9.36 Å². The van der Waals surface area contributed by atoms with Gasteiger partial charge in [0.1, 0.15) is 11.5 Å². The summed E-state index contributed by atoms with van der Waals surface area (Å²) in [7, 11) is 1.59. The van der Waals surface area contributed by atoms with Crippen LogP contribution in [0, 0.1) is 0 Å². The maximum absolute atomic E-state index is 13.6. The largest absolute Gasteiger partial charge is 0.497 e. The molecule has 3 aromatic rings. The van der Waals surface area contributed by atoms with Gasteiger partial charge in [-0.25, -0.2) is 9.79 Å². The van der Waals surface area contributed by atoms with E-state index in [2.05, 4.69) is 23.7 Å². The third-order valence-electron chi connectivity index (χ3n) is 5.91. The highest BCUT2D eigenvalue weighted by molar-refractivity contribution is 7.07. The molecule has 1 aliphatic heterocycles. The van der Waals surface area contributed by atoms with Gasteiger partial charge < -0.3 is 18.8 Å². The number of rotatable bonds is 8. The van der Waals surface area contributed by atoms with Crippen molar-refractivity contribution in [3.63, 3.8) is 0 Å². The van der Waals surface area contributed by atoms with E-state index in [0.717, 1.165) is 24.5 Å². The van der Waals surface area contributed by atoms with Gasteiger partial charge in [-0.05, 0) is 51.5 Å². The van der Waals surface area contributed by atoms with Crippen LogP contribution in [0.15, 0.2) is 61.9 Å². The fourth-order valence-corrected chi connectivity index (χ4v) is 5.17. The van der Waals surface area contributed by atoms with Crippen molar-refractivity contribution in [3.05, 3.63) is 78.7 Å². The Morgan fingerprint density at radius 2 is 1.89 bits per heavy atom. The first kappa shape index (κ1) is 24.5. The van der Waals surface area contributed by atoms with Gasteiger partial charge in [0.15, 0.2) is 10.7 Å². The lowest BCUT2D eigenvalue weighted by atomic mass is 9.96. The number of hydrogen-bond donors (Lipinski definition) is 0. The number of hydrogen-bond acceptors (Lipinski definition) is 8. The molecule has 0 unspecified atom stereocenters. The van der Waals surface area contributed by atoms with Gasteiger partial charge in [0, 0.05) is 25.2 Å². The van der Waals surface area contributed by atoms with E-state index in [4.69, 9.17) is 13.9 Å². The minimum Gasteiger partial charge on any atom is -0.497 e. The molecule has 8 nitrogen and oxygen atoms in total. The Labute approximate surface area is 207 Å². The number of allylic oxidation sites excluding steroid dienone is 1. The number of ether oxygens (including phenoxy) is 2. The molecular formula is C26H29N3O5S. The number of aromatic nitrogens is 1. The SMILES string of the molecule is CCOC(=O)C1=C(C)N=c2s/c(=C\c3ccc(N(CC)CC)o3)c(=O)n2[C@H]1c1ccc(OC)cc1. The number of nitrogens with zero attached hydrogens (tertiary/aromatic N) is 3. The van der Waals surface area contributed by atoms with E-state index in [1.807, 2.05) is 24.3 Å². The van der Waals surface area contributed by atoms with E-state index in [1.165, 1.54) is 11.3 Å². The van der Waals surface area contributed by atoms with Crippen LogP contribution >= 0.6 is 11.3 Å². The Kier molecular flexibility index (Phi) is 7.25. The lowest BCUT2D eigenvalue weighted by Crippen LogP contribution is -2.39. The van der Waals surface area contributed by atoms with Gasteiger partial charge in [-0.1, -0.05) is 23.5 Å². The number of anilines is 1. The third-order valence-corrected chi connectivity index (χ3v) is 6.89. The van der Waals surface area contributed by atoms with Crippen LogP contribution in [0.25, 0.3) is 6.08 Å². The van der Waals surface area contributed by atoms with Crippen molar-refractivity contribution in [2.45, 2.75) is 33.7 Å². The molecule has 1 aromatic carbocycles. The Hall–Kier alpha value is -3.59. The average Bonchev–Trinajstić information content (AvgIpc) is 3.43. The quantitative estimate of drug-likeness (QED) is 0.446. The lowest BCUT2D eigenvalue weighted by molar-refractivity contribution is -0.139. The average molecular weight is 496 g/mol. The summed E-state index contributed by atoms with van der Waals surface area (Å²) in [6.45, 7) is 9.51. The van der Waals surface area contributed by atoms with Gasteiger partial charge in [0.2, 0.25) is 0 Å². The number of benzene rings is 1. The van der Waals surface area contributed by atoms with Gasteiger partial charge >= 0.3 is 5.97 Å². The third kappa shape index (κ3) is 4.68. The maximum atomic E-state index is 13.6. The molecule has 9 heteroatoms. The summed E-state index contributed by atoms with van der Waals surface area (Å²) in [4.78, 5) is 33.8. The number of methoxy groups -OCH3 is 1. The minimum atomic E-state index is -0.666. The normalized spacial score (nSPS) is 15.6. The molecule has 0 aliphatic carbocycles. The number of fused-ring (bicyclic) bond motifs is 1. The fraction of sp³-hybridized carbons (Fsp3) is 0.346. The number of carbonyl (C=O) groups excluding carboxylic acids is 1. The Morgan fingerprint density at radius 3 is 2.51 bits per heavy atom. The molecule has 0 saturated carbocycles. The first-order valence-corrected chi connectivity index (χ1v) is 12.4. The molecule has 0 radical (unpaired) electrons. The molecule has 4 rings (SSSR count). The molecule has 184 valence electrons. The van der Waals surface area contributed by atoms with E-state index in [1.54, 1.807) is 43.7 Å². The van der Waals surface area contributed by atoms with Gasteiger partial charge in [0.25, 0.3) is 5.56 Å². The van der Waals surface area contributed by atoms with Gasteiger partial charge in [-0.15, -0.1) is 0 Å². The molecule has 0 saturated heterocycles. The second-order valence-corrected chi connectivity index (χ2v) is 8.93. The molecule has 0 fully saturated rings. The summed E-state index contributed by atoms with van der Waals surface area (Å²) in [5.74, 6) is 1.53. The van der Waals surface area contributed by atoms with Crippen LogP contribution in [0.2, 0.25) is 0 Å². The highest BCUT2D eigenvalue weighted by Crippen LogP contribution is 2.31. The van der Waals surface area contributed by atoms with Crippen LogP contribution in [0.5, 0.6) is 5.75 Å². The second kappa shape index (κ2) is 10.4.